The summed E-state index contributed by atoms with van der Waals surface area (Å²) in [7, 11) is 1.30. The number of nitrogens with one attached hydrogen (secondary N) is 1. The van der Waals surface area contributed by atoms with Crippen molar-refractivity contribution in [2.24, 2.45) is 11.8 Å². The molecule has 3 rings (SSSR count). The van der Waals surface area contributed by atoms with E-state index in [1.807, 2.05) is 44.4 Å². The van der Waals surface area contributed by atoms with E-state index in [1.165, 1.54) is 7.11 Å². The quantitative estimate of drug-likeness (QED) is 0.250. The van der Waals surface area contributed by atoms with E-state index >= 15 is 0 Å². The molecule has 1 aromatic rings. The van der Waals surface area contributed by atoms with Crippen LogP contribution in [0.3, 0.4) is 0 Å². The number of hydrogen-bond donors (Lipinski definition) is 1. The van der Waals surface area contributed by atoms with Gasteiger partial charge in [0.05, 0.1) is 12.7 Å². The molecule has 1 aliphatic carbocycles. The van der Waals surface area contributed by atoms with E-state index < -0.39 is 23.8 Å². The first-order valence-electron chi connectivity index (χ1n) is 11.1. The number of carbonyl (C=O) groups excluding carboxylic acids is 3. The molecule has 0 saturated heterocycles. The molecule has 2 aliphatic rings. The van der Waals surface area contributed by atoms with E-state index in [9.17, 15) is 14.4 Å². The number of ketones is 1. The molecule has 1 N–H and O–H groups in total. The molecule has 3 atom stereocenters. The number of hydrogen-bond acceptors (Lipinski definition) is 8. The Labute approximate surface area is 203 Å². The van der Waals surface area contributed by atoms with Gasteiger partial charge in [-0.1, -0.05) is 26.0 Å². The van der Waals surface area contributed by atoms with Gasteiger partial charge in [0, 0.05) is 33.5 Å². The number of carbonyl (C=O) groups is 3. The molecule has 0 saturated carbocycles. The minimum Gasteiger partial charge on any atom is -0.468 e. The van der Waals surface area contributed by atoms with Gasteiger partial charge in [0.25, 0.3) is 0 Å². The number of rotatable bonds is 8. The molecule has 8 heteroatoms. The van der Waals surface area contributed by atoms with Crippen molar-refractivity contribution < 1.29 is 23.9 Å². The number of methoxy groups -OCH3 is 1. The Morgan fingerprint density at radius 1 is 1.21 bits per heavy atom. The average molecular weight is 490 g/mol. The second-order valence-corrected chi connectivity index (χ2v) is 10.4. The van der Waals surface area contributed by atoms with Gasteiger partial charge in [0.1, 0.15) is 12.5 Å². The van der Waals surface area contributed by atoms with Crippen molar-refractivity contribution in [1.82, 2.24) is 5.32 Å². The highest BCUT2D eigenvalue weighted by Gasteiger charge is 2.47. The van der Waals surface area contributed by atoms with Crippen molar-refractivity contribution >= 4 is 41.2 Å². The van der Waals surface area contributed by atoms with Crippen molar-refractivity contribution in [2.45, 2.75) is 38.0 Å². The van der Waals surface area contributed by atoms with Crippen molar-refractivity contribution in [2.75, 3.05) is 31.5 Å². The van der Waals surface area contributed by atoms with Gasteiger partial charge in [-0.15, -0.1) is 11.8 Å². The minimum atomic E-state index is -0.889. The summed E-state index contributed by atoms with van der Waals surface area (Å²) in [5.41, 5.74) is 3.14. The van der Waals surface area contributed by atoms with Gasteiger partial charge in [0.2, 0.25) is 0 Å². The van der Waals surface area contributed by atoms with Crippen LogP contribution >= 0.6 is 23.5 Å². The van der Waals surface area contributed by atoms with Crippen LogP contribution in [0.1, 0.15) is 38.7 Å². The average Bonchev–Trinajstić information content (AvgIpc) is 2.80. The number of ether oxygens (including phenoxy) is 2. The zero-order valence-electron chi connectivity index (χ0n) is 19.7. The third kappa shape index (κ3) is 5.32. The number of allylic oxidation sites excluding steroid dienone is 3. The Morgan fingerprint density at radius 2 is 1.91 bits per heavy atom. The SMILES string of the molecule is CCSCCOC(=O)C1=C(C)NC2=C(C(=O)C(C(=O)OC)C(C)C2)C1c1ccc(SC)cc1. The standard InChI is InChI=1S/C25H31NO5S2/c1-6-33-12-11-31-25(29)20-15(3)26-18-13-14(2)19(24(28)30-4)23(27)22(18)21(20)16-7-9-17(32-5)10-8-16/h7-10,14,19,21,26H,6,11-13H2,1-5H3. The van der Waals surface area contributed by atoms with Crippen LogP contribution in [0.5, 0.6) is 0 Å². The lowest BCUT2D eigenvalue weighted by molar-refractivity contribution is -0.151. The third-order valence-electron chi connectivity index (χ3n) is 6.08. The Morgan fingerprint density at radius 3 is 2.52 bits per heavy atom. The monoisotopic (exact) mass is 489 g/mol. The highest BCUT2D eigenvalue weighted by atomic mass is 32.2. The normalized spacial score (nSPS) is 22.6. The molecular weight excluding hydrogens is 458 g/mol. The summed E-state index contributed by atoms with van der Waals surface area (Å²) in [5.74, 6) is -1.31. The molecule has 0 radical (unpaired) electrons. The number of benzene rings is 1. The topological polar surface area (TPSA) is 81.7 Å². The molecule has 0 fully saturated rings. The highest BCUT2D eigenvalue weighted by molar-refractivity contribution is 7.99. The predicted octanol–water partition coefficient (Wildman–Crippen LogP) is 4.32. The fraction of sp³-hybridized carbons (Fsp3) is 0.480. The summed E-state index contributed by atoms with van der Waals surface area (Å²) in [4.78, 5) is 40.5. The van der Waals surface area contributed by atoms with Crippen LogP contribution in [0.15, 0.2) is 51.7 Å². The fourth-order valence-electron chi connectivity index (χ4n) is 4.50. The third-order valence-corrected chi connectivity index (χ3v) is 7.68. The molecule has 6 nitrogen and oxygen atoms in total. The van der Waals surface area contributed by atoms with Gasteiger partial charge in [-0.25, -0.2) is 4.79 Å². The summed E-state index contributed by atoms with van der Waals surface area (Å²) >= 11 is 3.32. The van der Waals surface area contributed by atoms with E-state index in [1.54, 1.807) is 23.5 Å². The lowest BCUT2D eigenvalue weighted by Gasteiger charge is -2.38. The molecule has 0 bridgehead atoms. The second-order valence-electron chi connectivity index (χ2n) is 8.14. The maximum Gasteiger partial charge on any atom is 0.336 e. The molecule has 0 aromatic heterocycles. The van der Waals surface area contributed by atoms with Crippen molar-refractivity contribution in [3.05, 3.63) is 52.4 Å². The van der Waals surface area contributed by atoms with Crippen LogP contribution in [0.25, 0.3) is 0 Å². The second kappa shape index (κ2) is 11.3. The Hall–Kier alpha value is -2.19. The maximum absolute atomic E-state index is 13.7. The molecule has 33 heavy (non-hydrogen) atoms. The van der Waals surface area contributed by atoms with Gasteiger partial charge in [-0.3, -0.25) is 9.59 Å². The van der Waals surface area contributed by atoms with Crippen LogP contribution in [-0.4, -0.2) is 49.2 Å². The number of esters is 2. The first-order chi connectivity index (χ1) is 15.8. The zero-order chi connectivity index (χ0) is 24.1. The van der Waals surface area contributed by atoms with E-state index in [0.29, 0.717) is 35.6 Å². The molecule has 178 valence electrons. The fourth-order valence-corrected chi connectivity index (χ4v) is 5.39. The minimum absolute atomic E-state index is 0.205. The van der Waals surface area contributed by atoms with Crippen LogP contribution < -0.4 is 5.32 Å². The lowest BCUT2D eigenvalue weighted by atomic mass is 9.69. The molecule has 0 amide bonds. The molecule has 1 aromatic carbocycles. The Bertz CT molecular complexity index is 983. The van der Waals surface area contributed by atoms with Crippen molar-refractivity contribution in [3.8, 4) is 0 Å². The lowest BCUT2D eigenvalue weighted by Crippen LogP contribution is -2.43. The Balaban J connectivity index is 2.06. The molecule has 0 spiro atoms. The summed E-state index contributed by atoms with van der Waals surface area (Å²) < 4.78 is 10.5. The van der Waals surface area contributed by atoms with Crippen LogP contribution in [0.2, 0.25) is 0 Å². The maximum atomic E-state index is 13.7. The first-order valence-corrected chi connectivity index (χ1v) is 13.4. The van der Waals surface area contributed by atoms with Crippen molar-refractivity contribution in [3.63, 3.8) is 0 Å². The van der Waals surface area contributed by atoms with E-state index in [4.69, 9.17) is 9.47 Å². The number of dihydropyridines is 1. The van der Waals surface area contributed by atoms with Crippen LogP contribution in [0, 0.1) is 11.8 Å². The number of thioether (sulfide) groups is 2. The van der Waals surface area contributed by atoms with E-state index in [-0.39, 0.29) is 11.7 Å². The predicted molar refractivity (Wildman–Crippen MR) is 132 cm³/mol. The molecule has 1 heterocycles. The number of Topliss-reactive ketones (excluding diaryl/α,β-unsaturated/α-hetero) is 1. The van der Waals surface area contributed by atoms with E-state index in [0.717, 1.165) is 21.9 Å². The molecule has 3 unspecified atom stereocenters. The summed E-state index contributed by atoms with van der Waals surface area (Å²) in [5, 5.41) is 3.29. The molecule has 1 aliphatic heterocycles. The highest BCUT2D eigenvalue weighted by Crippen LogP contribution is 2.45. The summed E-state index contributed by atoms with van der Waals surface area (Å²) in [6.45, 7) is 6.07. The van der Waals surface area contributed by atoms with Gasteiger partial charge < -0.3 is 14.8 Å². The zero-order valence-corrected chi connectivity index (χ0v) is 21.4. The summed E-state index contributed by atoms with van der Waals surface area (Å²) in [6, 6.07) is 7.84. The van der Waals surface area contributed by atoms with Crippen LogP contribution in [-0.2, 0) is 23.9 Å². The van der Waals surface area contributed by atoms with Gasteiger partial charge >= 0.3 is 11.9 Å². The van der Waals surface area contributed by atoms with Gasteiger partial charge in [-0.2, -0.15) is 11.8 Å². The smallest absolute Gasteiger partial charge is 0.336 e. The first kappa shape index (κ1) is 25.4. The van der Waals surface area contributed by atoms with E-state index in [2.05, 4.69) is 12.2 Å². The van der Waals surface area contributed by atoms with Gasteiger partial charge in [0.15, 0.2) is 5.78 Å². The van der Waals surface area contributed by atoms with Crippen LogP contribution in [0.4, 0.5) is 0 Å². The Kier molecular flexibility index (Phi) is 8.70. The van der Waals surface area contributed by atoms with Gasteiger partial charge in [-0.05, 0) is 49.0 Å². The molecular formula is C25H31NO5S2. The van der Waals surface area contributed by atoms with Crippen molar-refractivity contribution in [1.29, 1.82) is 0 Å². The summed E-state index contributed by atoms with van der Waals surface area (Å²) in [6.07, 6.45) is 2.52. The largest absolute Gasteiger partial charge is 0.468 e.